The predicted molar refractivity (Wildman–Crippen MR) is 105 cm³/mol. The first-order valence-electron chi connectivity index (χ1n) is 9.12. The average Bonchev–Trinajstić information content (AvgIpc) is 3.14. The maximum atomic E-state index is 12.9. The highest BCUT2D eigenvalue weighted by molar-refractivity contribution is 7.18. The van der Waals surface area contributed by atoms with E-state index in [1.54, 1.807) is 25.4 Å². The van der Waals surface area contributed by atoms with Crippen LogP contribution in [0.25, 0.3) is 10.2 Å². The van der Waals surface area contributed by atoms with Crippen LogP contribution < -0.4 is 10.3 Å². The van der Waals surface area contributed by atoms with Gasteiger partial charge in [-0.2, -0.15) is 0 Å². The highest BCUT2D eigenvalue weighted by Gasteiger charge is 2.21. The van der Waals surface area contributed by atoms with Crippen LogP contribution in [-0.2, 0) is 29.0 Å². The standard InChI is InChI=1S/C20H20N2O5S/c1-3-15-7-16-18(28-15)21-10-22(19(16)23)8-13-5-12(20(24)26-4-2)6-14-9-25-11-27-17(13)14/h5-7,10H,3-4,8-9,11H2,1-2H3. The lowest BCUT2D eigenvalue weighted by molar-refractivity contribution is -0.0171. The zero-order chi connectivity index (χ0) is 19.7. The SMILES string of the molecule is CCOC(=O)c1cc2c(c(Cn3cnc4sc(CC)cc4c3=O)c1)OCOC2. The lowest BCUT2D eigenvalue weighted by Crippen LogP contribution is -2.22. The van der Waals surface area contributed by atoms with E-state index in [4.69, 9.17) is 14.2 Å². The Balaban J connectivity index is 1.77. The minimum Gasteiger partial charge on any atom is -0.467 e. The van der Waals surface area contributed by atoms with Crippen LogP contribution in [0.4, 0.5) is 0 Å². The number of aryl methyl sites for hydroxylation is 1. The van der Waals surface area contributed by atoms with E-state index >= 15 is 0 Å². The number of esters is 1. The van der Waals surface area contributed by atoms with E-state index in [1.165, 1.54) is 15.9 Å². The fourth-order valence-corrected chi connectivity index (χ4v) is 4.15. The van der Waals surface area contributed by atoms with E-state index < -0.39 is 5.97 Å². The van der Waals surface area contributed by atoms with E-state index in [1.807, 2.05) is 6.07 Å². The highest BCUT2D eigenvalue weighted by atomic mass is 32.1. The maximum absolute atomic E-state index is 12.9. The lowest BCUT2D eigenvalue weighted by Gasteiger charge is -2.22. The van der Waals surface area contributed by atoms with E-state index in [-0.39, 0.29) is 25.5 Å². The van der Waals surface area contributed by atoms with Gasteiger partial charge < -0.3 is 14.2 Å². The number of rotatable bonds is 5. The molecule has 0 bridgehead atoms. The number of hydrogen-bond acceptors (Lipinski definition) is 7. The number of ether oxygens (including phenoxy) is 3. The third-order valence-electron chi connectivity index (χ3n) is 4.56. The molecule has 0 fully saturated rings. The van der Waals surface area contributed by atoms with Crippen molar-refractivity contribution in [3.63, 3.8) is 0 Å². The second-order valence-corrected chi connectivity index (χ2v) is 7.53. The number of nitrogens with zero attached hydrogens (tertiary/aromatic N) is 2. The maximum Gasteiger partial charge on any atom is 0.338 e. The number of fused-ring (bicyclic) bond motifs is 2. The van der Waals surface area contributed by atoms with Crippen molar-refractivity contribution in [1.29, 1.82) is 0 Å². The zero-order valence-corrected chi connectivity index (χ0v) is 16.5. The highest BCUT2D eigenvalue weighted by Crippen LogP contribution is 2.31. The van der Waals surface area contributed by atoms with Gasteiger partial charge in [0.15, 0.2) is 6.79 Å². The normalized spacial score (nSPS) is 13.2. The number of aromatic nitrogens is 2. The van der Waals surface area contributed by atoms with Gasteiger partial charge in [0.2, 0.25) is 0 Å². The number of benzene rings is 1. The minimum absolute atomic E-state index is 0.108. The molecular weight excluding hydrogens is 380 g/mol. The van der Waals surface area contributed by atoms with Crippen LogP contribution in [0.1, 0.15) is 40.2 Å². The molecule has 3 aromatic rings. The first-order chi connectivity index (χ1) is 13.6. The summed E-state index contributed by atoms with van der Waals surface area (Å²) in [6, 6.07) is 5.33. The molecule has 0 unspecified atom stereocenters. The summed E-state index contributed by atoms with van der Waals surface area (Å²) in [4.78, 5) is 31.4. The first kappa shape index (κ1) is 18.6. The summed E-state index contributed by atoms with van der Waals surface area (Å²) in [5, 5.41) is 0.615. The molecular formula is C20H20N2O5S. The molecule has 0 amide bonds. The average molecular weight is 400 g/mol. The minimum atomic E-state index is -0.413. The summed E-state index contributed by atoms with van der Waals surface area (Å²) < 4.78 is 17.7. The van der Waals surface area contributed by atoms with Crippen LogP contribution in [0.15, 0.2) is 29.3 Å². The molecule has 0 spiro atoms. The van der Waals surface area contributed by atoms with Gasteiger partial charge in [0, 0.05) is 16.0 Å². The Labute approximate surface area is 165 Å². The van der Waals surface area contributed by atoms with Gasteiger partial charge in [-0.3, -0.25) is 9.36 Å². The molecule has 0 aliphatic carbocycles. The molecule has 1 aliphatic rings. The van der Waals surface area contributed by atoms with E-state index in [0.717, 1.165) is 27.3 Å². The fourth-order valence-electron chi connectivity index (χ4n) is 3.23. The molecule has 146 valence electrons. The third-order valence-corrected chi connectivity index (χ3v) is 5.74. The second kappa shape index (κ2) is 7.73. The molecule has 4 rings (SSSR count). The molecule has 3 heterocycles. The fraction of sp³-hybridized carbons (Fsp3) is 0.350. The molecule has 7 nitrogen and oxygen atoms in total. The van der Waals surface area contributed by atoms with Crippen molar-refractivity contribution in [3.8, 4) is 5.75 Å². The van der Waals surface area contributed by atoms with Crippen molar-refractivity contribution in [2.75, 3.05) is 13.4 Å². The molecule has 0 radical (unpaired) electrons. The summed E-state index contributed by atoms with van der Waals surface area (Å²) in [5.74, 6) is 0.231. The number of carbonyl (C=O) groups excluding carboxylic acids is 1. The molecule has 0 saturated carbocycles. The molecule has 1 aromatic carbocycles. The Morgan fingerprint density at radius 3 is 2.96 bits per heavy atom. The molecule has 8 heteroatoms. The van der Waals surface area contributed by atoms with Crippen LogP contribution in [0.3, 0.4) is 0 Å². The molecule has 1 aliphatic heterocycles. The predicted octanol–water partition coefficient (Wildman–Crippen LogP) is 3.11. The van der Waals surface area contributed by atoms with Crippen molar-refractivity contribution >= 4 is 27.5 Å². The Morgan fingerprint density at radius 1 is 1.32 bits per heavy atom. The summed E-state index contributed by atoms with van der Waals surface area (Å²) in [5.41, 5.74) is 1.79. The Morgan fingerprint density at radius 2 is 2.18 bits per heavy atom. The van der Waals surface area contributed by atoms with Crippen LogP contribution in [0, 0.1) is 0 Å². The van der Waals surface area contributed by atoms with Gasteiger partial charge in [0.1, 0.15) is 10.6 Å². The Hall–Kier alpha value is -2.71. The molecule has 28 heavy (non-hydrogen) atoms. The van der Waals surface area contributed by atoms with E-state index in [9.17, 15) is 9.59 Å². The molecule has 0 saturated heterocycles. The van der Waals surface area contributed by atoms with E-state index in [0.29, 0.717) is 23.3 Å². The van der Waals surface area contributed by atoms with Crippen LogP contribution in [0.2, 0.25) is 0 Å². The first-order valence-corrected chi connectivity index (χ1v) is 9.93. The van der Waals surface area contributed by atoms with Crippen molar-refractivity contribution in [2.24, 2.45) is 0 Å². The van der Waals surface area contributed by atoms with Crippen molar-refractivity contribution in [2.45, 2.75) is 33.4 Å². The molecule has 2 aromatic heterocycles. The summed E-state index contributed by atoms with van der Waals surface area (Å²) in [6.07, 6.45) is 2.41. The van der Waals surface area contributed by atoms with Crippen molar-refractivity contribution in [3.05, 3.63) is 56.4 Å². The summed E-state index contributed by atoms with van der Waals surface area (Å²) in [6.45, 7) is 4.82. The van der Waals surface area contributed by atoms with Crippen molar-refractivity contribution < 1.29 is 19.0 Å². The quantitative estimate of drug-likeness (QED) is 0.612. The second-order valence-electron chi connectivity index (χ2n) is 6.42. The van der Waals surface area contributed by atoms with Gasteiger partial charge >= 0.3 is 5.97 Å². The van der Waals surface area contributed by atoms with Crippen LogP contribution in [0.5, 0.6) is 5.75 Å². The topological polar surface area (TPSA) is 79.7 Å². The number of carbonyl (C=O) groups is 1. The largest absolute Gasteiger partial charge is 0.467 e. The van der Waals surface area contributed by atoms with Gasteiger partial charge in [-0.05, 0) is 31.5 Å². The smallest absolute Gasteiger partial charge is 0.338 e. The number of hydrogen-bond donors (Lipinski definition) is 0. The van der Waals surface area contributed by atoms with Gasteiger partial charge in [-0.1, -0.05) is 6.92 Å². The Bertz CT molecular complexity index is 1100. The molecule has 0 N–H and O–H groups in total. The summed E-state index contributed by atoms with van der Waals surface area (Å²) >= 11 is 1.53. The van der Waals surface area contributed by atoms with Gasteiger partial charge in [-0.15, -0.1) is 11.3 Å². The van der Waals surface area contributed by atoms with Gasteiger partial charge in [-0.25, -0.2) is 9.78 Å². The zero-order valence-electron chi connectivity index (χ0n) is 15.7. The third kappa shape index (κ3) is 3.41. The van der Waals surface area contributed by atoms with Crippen LogP contribution >= 0.6 is 11.3 Å². The van der Waals surface area contributed by atoms with E-state index in [2.05, 4.69) is 11.9 Å². The van der Waals surface area contributed by atoms with Crippen LogP contribution in [-0.4, -0.2) is 28.9 Å². The van der Waals surface area contributed by atoms with Gasteiger partial charge in [0.25, 0.3) is 5.56 Å². The molecule has 0 atom stereocenters. The summed E-state index contributed by atoms with van der Waals surface area (Å²) in [7, 11) is 0. The Kier molecular flexibility index (Phi) is 5.15. The monoisotopic (exact) mass is 400 g/mol. The van der Waals surface area contributed by atoms with Crippen molar-refractivity contribution in [1.82, 2.24) is 9.55 Å². The van der Waals surface area contributed by atoms with Gasteiger partial charge in [0.05, 0.1) is 37.0 Å². The number of thiophene rings is 1. The lowest BCUT2D eigenvalue weighted by atomic mass is 10.0.